The van der Waals surface area contributed by atoms with Crippen LogP contribution in [0.2, 0.25) is 0 Å². The Balaban J connectivity index is 0.00000225. The van der Waals surface area contributed by atoms with E-state index in [0.717, 1.165) is 17.7 Å². The Bertz CT molecular complexity index is 340. The maximum atomic E-state index is 11.5. The normalized spacial score (nSPS) is 11.4. The van der Waals surface area contributed by atoms with Crippen LogP contribution in [0.5, 0.6) is 0 Å². The lowest BCUT2D eigenvalue weighted by Crippen LogP contribution is -2.19. The van der Waals surface area contributed by atoms with Crippen LogP contribution in [0.25, 0.3) is 0 Å². The number of halogens is 1. The fourth-order valence-corrected chi connectivity index (χ4v) is 1.31. The molecule has 1 amide bonds. The molecule has 0 aliphatic rings. The zero-order valence-electron chi connectivity index (χ0n) is 9.69. The highest BCUT2D eigenvalue weighted by atomic mass is 35.5. The third kappa shape index (κ3) is 5.73. The molecule has 0 bridgehead atoms. The second-order valence-electron chi connectivity index (χ2n) is 3.93. The fraction of sp³-hybridized carbons (Fsp3) is 0.417. The third-order valence-electron chi connectivity index (χ3n) is 2.13. The van der Waals surface area contributed by atoms with Crippen LogP contribution in [0.15, 0.2) is 24.3 Å². The van der Waals surface area contributed by atoms with Gasteiger partial charge in [0.25, 0.3) is 0 Å². The highest BCUT2D eigenvalue weighted by Crippen LogP contribution is 2.10. The lowest BCUT2D eigenvalue weighted by Gasteiger charge is -2.07. The van der Waals surface area contributed by atoms with Crippen LogP contribution in [0.4, 0.5) is 5.69 Å². The van der Waals surface area contributed by atoms with E-state index in [1.807, 2.05) is 38.1 Å². The molecule has 1 rings (SSSR count). The van der Waals surface area contributed by atoms with Crippen LogP contribution >= 0.6 is 12.4 Å². The van der Waals surface area contributed by atoms with Crippen molar-refractivity contribution in [3.8, 4) is 0 Å². The molecule has 0 spiro atoms. The van der Waals surface area contributed by atoms with Gasteiger partial charge in [-0.05, 0) is 38.0 Å². The van der Waals surface area contributed by atoms with Gasteiger partial charge in [-0.15, -0.1) is 12.4 Å². The second kappa shape index (κ2) is 7.25. The van der Waals surface area contributed by atoms with Crippen molar-refractivity contribution < 1.29 is 4.79 Å². The molecule has 0 aliphatic heterocycles. The molecular weight excluding hydrogens is 224 g/mol. The predicted molar refractivity (Wildman–Crippen MR) is 69.9 cm³/mol. The summed E-state index contributed by atoms with van der Waals surface area (Å²) < 4.78 is 0. The summed E-state index contributed by atoms with van der Waals surface area (Å²) in [6.45, 7) is 3.90. The number of carbonyl (C=O) groups is 1. The van der Waals surface area contributed by atoms with Crippen molar-refractivity contribution >= 4 is 24.0 Å². The lowest BCUT2D eigenvalue weighted by molar-refractivity contribution is -0.116. The van der Waals surface area contributed by atoms with Crippen molar-refractivity contribution in [1.29, 1.82) is 0 Å². The molecule has 0 aliphatic carbocycles. The molecule has 1 atom stereocenters. The van der Waals surface area contributed by atoms with E-state index >= 15 is 0 Å². The Hall–Kier alpha value is -1.06. The molecular formula is C12H19ClN2O. The number of hydrogen-bond acceptors (Lipinski definition) is 2. The minimum absolute atomic E-state index is 0. The quantitative estimate of drug-likeness (QED) is 0.852. The molecule has 1 aromatic carbocycles. The Morgan fingerprint density at radius 2 is 2.19 bits per heavy atom. The first-order chi connectivity index (χ1) is 7.08. The van der Waals surface area contributed by atoms with Crippen LogP contribution in [-0.2, 0) is 4.79 Å². The Morgan fingerprint density at radius 3 is 2.75 bits per heavy atom. The first-order valence-corrected chi connectivity index (χ1v) is 5.20. The summed E-state index contributed by atoms with van der Waals surface area (Å²) in [6.07, 6.45) is 1.20. The summed E-state index contributed by atoms with van der Waals surface area (Å²) >= 11 is 0. The van der Waals surface area contributed by atoms with Crippen LogP contribution in [-0.4, -0.2) is 11.9 Å². The van der Waals surface area contributed by atoms with Gasteiger partial charge in [0, 0.05) is 18.2 Å². The largest absolute Gasteiger partial charge is 0.328 e. The smallest absolute Gasteiger partial charge is 0.224 e. The number of carbonyl (C=O) groups excluding carboxylic acids is 1. The first-order valence-electron chi connectivity index (χ1n) is 5.20. The number of anilines is 1. The SMILES string of the molecule is Cc1cccc(NC(=O)CCC(C)N)c1.Cl. The van der Waals surface area contributed by atoms with Gasteiger partial charge in [0.15, 0.2) is 0 Å². The van der Waals surface area contributed by atoms with Crippen LogP contribution in [0, 0.1) is 6.92 Å². The number of nitrogens with one attached hydrogen (secondary N) is 1. The van der Waals surface area contributed by atoms with Crippen LogP contribution in [0.3, 0.4) is 0 Å². The van der Waals surface area contributed by atoms with E-state index in [0.29, 0.717) is 6.42 Å². The highest BCUT2D eigenvalue weighted by Gasteiger charge is 2.03. The van der Waals surface area contributed by atoms with Gasteiger partial charge in [-0.3, -0.25) is 4.79 Å². The summed E-state index contributed by atoms with van der Waals surface area (Å²) in [5, 5.41) is 2.84. The van der Waals surface area contributed by atoms with E-state index < -0.39 is 0 Å². The summed E-state index contributed by atoms with van der Waals surface area (Å²) in [4.78, 5) is 11.5. The van der Waals surface area contributed by atoms with Gasteiger partial charge >= 0.3 is 0 Å². The third-order valence-corrected chi connectivity index (χ3v) is 2.13. The van der Waals surface area contributed by atoms with Crippen molar-refractivity contribution in [2.24, 2.45) is 5.73 Å². The standard InChI is InChI=1S/C12H18N2O.ClH/c1-9-4-3-5-11(8-9)14-12(15)7-6-10(2)13;/h3-5,8,10H,6-7,13H2,1-2H3,(H,14,15);1H. The van der Waals surface area contributed by atoms with Gasteiger partial charge in [0.05, 0.1) is 0 Å². The van der Waals surface area contributed by atoms with Gasteiger partial charge in [-0.2, -0.15) is 0 Å². The number of amides is 1. The zero-order valence-corrected chi connectivity index (χ0v) is 10.5. The van der Waals surface area contributed by atoms with E-state index in [1.54, 1.807) is 0 Å². The molecule has 3 N–H and O–H groups in total. The number of hydrogen-bond donors (Lipinski definition) is 2. The minimum atomic E-state index is 0. The van der Waals surface area contributed by atoms with Crippen LogP contribution in [0.1, 0.15) is 25.3 Å². The van der Waals surface area contributed by atoms with Gasteiger partial charge < -0.3 is 11.1 Å². The minimum Gasteiger partial charge on any atom is -0.328 e. The van der Waals surface area contributed by atoms with Gasteiger partial charge in [-0.25, -0.2) is 0 Å². The highest BCUT2D eigenvalue weighted by molar-refractivity contribution is 5.90. The molecule has 1 unspecified atom stereocenters. The van der Waals surface area contributed by atoms with Crippen molar-refractivity contribution in [2.75, 3.05) is 5.32 Å². The Morgan fingerprint density at radius 1 is 1.50 bits per heavy atom. The topological polar surface area (TPSA) is 55.1 Å². The van der Waals surface area contributed by atoms with Gasteiger partial charge in [0.1, 0.15) is 0 Å². The molecule has 1 aromatic rings. The molecule has 0 saturated carbocycles. The second-order valence-corrected chi connectivity index (χ2v) is 3.93. The monoisotopic (exact) mass is 242 g/mol. The first kappa shape index (κ1) is 14.9. The van der Waals surface area contributed by atoms with E-state index in [2.05, 4.69) is 5.32 Å². The van der Waals surface area contributed by atoms with E-state index in [9.17, 15) is 4.79 Å². The zero-order chi connectivity index (χ0) is 11.3. The van der Waals surface area contributed by atoms with Crippen molar-refractivity contribution in [3.05, 3.63) is 29.8 Å². The van der Waals surface area contributed by atoms with Gasteiger partial charge in [0.2, 0.25) is 5.91 Å². The summed E-state index contributed by atoms with van der Waals surface area (Å²) in [6, 6.07) is 7.84. The molecule has 0 saturated heterocycles. The molecule has 0 aromatic heterocycles. The molecule has 90 valence electrons. The molecule has 0 radical (unpaired) electrons. The van der Waals surface area contributed by atoms with Crippen molar-refractivity contribution in [2.45, 2.75) is 32.7 Å². The molecule has 0 heterocycles. The number of rotatable bonds is 4. The maximum absolute atomic E-state index is 11.5. The maximum Gasteiger partial charge on any atom is 0.224 e. The average molecular weight is 243 g/mol. The Kier molecular flexibility index (Phi) is 6.77. The molecule has 4 heteroatoms. The molecule has 16 heavy (non-hydrogen) atoms. The van der Waals surface area contributed by atoms with Crippen LogP contribution < -0.4 is 11.1 Å². The number of aryl methyl sites for hydroxylation is 1. The summed E-state index contributed by atoms with van der Waals surface area (Å²) in [7, 11) is 0. The Labute approximate surface area is 103 Å². The average Bonchev–Trinajstić information content (AvgIpc) is 2.15. The van der Waals surface area contributed by atoms with Crippen molar-refractivity contribution in [3.63, 3.8) is 0 Å². The van der Waals surface area contributed by atoms with E-state index in [1.165, 1.54) is 0 Å². The number of nitrogens with two attached hydrogens (primary N) is 1. The van der Waals surface area contributed by atoms with Crippen molar-refractivity contribution in [1.82, 2.24) is 0 Å². The van der Waals surface area contributed by atoms with Gasteiger partial charge in [-0.1, -0.05) is 12.1 Å². The molecule has 3 nitrogen and oxygen atoms in total. The number of benzene rings is 1. The summed E-state index contributed by atoms with van der Waals surface area (Å²) in [5.74, 6) is 0.0258. The fourth-order valence-electron chi connectivity index (χ4n) is 1.31. The summed E-state index contributed by atoms with van der Waals surface area (Å²) in [5.41, 5.74) is 7.57. The predicted octanol–water partition coefficient (Wildman–Crippen LogP) is 2.48. The van der Waals surface area contributed by atoms with E-state index in [-0.39, 0.29) is 24.4 Å². The van der Waals surface area contributed by atoms with E-state index in [4.69, 9.17) is 5.73 Å². The lowest BCUT2D eigenvalue weighted by atomic mass is 10.2. The molecule has 0 fully saturated rings.